The lowest BCUT2D eigenvalue weighted by Gasteiger charge is -2.22. The summed E-state index contributed by atoms with van der Waals surface area (Å²) in [7, 11) is -4.85. The monoisotopic (exact) mass is 888 g/mol. The number of carboxylic acids is 2. The molecule has 0 aromatic carbocycles. The van der Waals surface area contributed by atoms with Gasteiger partial charge in [0.1, 0.15) is 18.7 Å². The first-order chi connectivity index (χ1) is 28.7. The number of aliphatic carboxylic acids is 2. The lowest BCUT2D eigenvalue weighted by Crippen LogP contribution is -2.38. The smallest absolute Gasteiger partial charge is 0.472 e. The molecule has 6 atom stereocenters. The van der Waals surface area contributed by atoms with Crippen molar-refractivity contribution in [3.05, 3.63) is 60.8 Å². The number of carbonyl (C=O) groups excluding carboxylic acids is 2. The van der Waals surface area contributed by atoms with E-state index >= 15 is 0 Å². The Balaban J connectivity index is 5.34. The number of hydrogen-bond donors (Lipinski definition) is 6. The molecular weight excluding hydrogens is 816 g/mol. The molecular formula is C43H73N2O13PS. The minimum absolute atomic E-state index is 0.00233. The van der Waals surface area contributed by atoms with E-state index in [0.717, 1.165) is 51.4 Å². The molecule has 0 rings (SSSR count). The van der Waals surface area contributed by atoms with E-state index in [0.29, 0.717) is 6.42 Å². The third-order valence-electron chi connectivity index (χ3n) is 8.73. The predicted octanol–water partition coefficient (Wildman–Crippen LogP) is 7.70. The van der Waals surface area contributed by atoms with Crippen LogP contribution in [0.4, 0.5) is 0 Å². The fraction of sp³-hybridized carbons (Fsp3) is 0.674. The molecule has 0 heterocycles. The Labute approximate surface area is 361 Å². The number of ether oxygens (including phenoxy) is 2. The van der Waals surface area contributed by atoms with Crippen LogP contribution in [0.2, 0.25) is 0 Å². The number of esters is 2. The van der Waals surface area contributed by atoms with Crippen LogP contribution in [0.15, 0.2) is 60.8 Å². The van der Waals surface area contributed by atoms with Gasteiger partial charge in [0.25, 0.3) is 0 Å². The summed E-state index contributed by atoms with van der Waals surface area (Å²) in [5.74, 6) is -3.97. The van der Waals surface area contributed by atoms with Crippen molar-refractivity contribution in [3.8, 4) is 0 Å². The van der Waals surface area contributed by atoms with Gasteiger partial charge in [-0.05, 0) is 57.8 Å². The molecule has 0 aromatic rings. The maximum atomic E-state index is 12.9. The first-order valence-electron chi connectivity index (χ1n) is 21.3. The zero-order chi connectivity index (χ0) is 44.9. The van der Waals surface area contributed by atoms with Crippen molar-refractivity contribution in [2.45, 2.75) is 159 Å². The number of aliphatic hydroxyl groups is 1. The molecule has 15 nitrogen and oxygen atoms in total. The Morgan fingerprint density at radius 1 is 0.700 bits per heavy atom. The van der Waals surface area contributed by atoms with Crippen LogP contribution in [-0.4, -0.2) is 99.2 Å². The quantitative estimate of drug-likeness (QED) is 0.0114. The molecule has 1 unspecified atom stereocenters. The Hall–Kier alpha value is -3.08. The molecule has 8 N–H and O–H groups in total. The maximum absolute atomic E-state index is 12.9. The van der Waals surface area contributed by atoms with Crippen molar-refractivity contribution in [1.82, 2.24) is 0 Å². The van der Waals surface area contributed by atoms with Gasteiger partial charge in [-0.1, -0.05) is 120 Å². The second-order valence-electron chi connectivity index (χ2n) is 14.3. The number of unbranched alkanes of at least 4 members (excludes halogenated alkanes) is 10. The second-order valence-corrected chi connectivity index (χ2v) is 17.0. The van der Waals surface area contributed by atoms with Gasteiger partial charge in [0.15, 0.2) is 6.10 Å². The van der Waals surface area contributed by atoms with Gasteiger partial charge in [-0.2, -0.15) is 0 Å². The molecule has 60 heavy (non-hydrogen) atoms. The number of phosphoric acid groups is 1. The Bertz CT molecular complexity index is 1370. The number of allylic oxidation sites excluding steroid dienone is 9. The lowest BCUT2D eigenvalue weighted by molar-refractivity contribution is -0.161. The number of thioether (sulfide) groups is 1. The standard InChI is InChI=1S/C43H73N2O13PS/c1-3-5-7-9-11-13-15-17-18-20-22-24-28-39(38(46)27-26-29-40(47)48)60-34-37(45)43(52)55-31-35(32-56-59(53,54)57-33-36(44)42(50)51)58-41(49)30-25-23-21-19-16-14-12-10-8-6-4-2/h10-13,17-18,20,22,24,28,35-39,46H,3-9,14-16,19,21,23,25-27,29-34,44-45H2,1-2H3,(H,47,48)(H,50,51)(H,53,54)/b12-10-,13-11-,18-17-,22-20+,28-24+/t35-,36+,37+,38+,39-/m1/s1. The SMILES string of the molecule is CCCC/C=C\CCCCCCCC(=O)O[C@H](COC(=O)[C@@H](N)CS[C@H](/C=C/C=C/C=C\C/C=C\CCCCC)[C@@H](O)CCCC(=O)O)COP(=O)(O)OC[C@H](N)C(=O)O. The molecule has 17 heteroatoms. The topological polar surface area (TPSA) is 255 Å². The Morgan fingerprint density at radius 3 is 2.00 bits per heavy atom. The summed E-state index contributed by atoms with van der Waals surface area (Å²) in [5, 5.41) is 28.3. The summed E-state index contributed by atoms with van der Waals surface area (Å²) in [6, 6.07) is -2.79. The summed E-state index contributed by atoms with van der Waals surface area (Å²) in [6.07, 6.45) is 32.1. The molecule has 0 bridgehead atoms. The van der Waals surface area contributed by atoms with Crippen molar-refractivity contribution in [3.63, 3.8) is 0 Å². The molecule has 0 aliphatic heterocycles. The third-order valence-corrected chi connectivity index (χ3v) is 11.1. The summed E-state index contributed by atoms with van der Waals surface area (Å²) in [5.41, 5.74) is 11.5. The molecule has 0 aliphatic carbocycles. The Morgan fingerprint density at radius 2 is 1.32 bits per heavy atom. The molecule has 0 saturated carbocycles. The highest BCUT2D eigenvalue weighted by molar-refractivity contribution is 8.00. The van der Waals surface area contributed by atoms with Crippen LogP contribution in [0.25, 0.3) is 0 Å². The lowest BCUT2D eigenvalue weighted by atomic mass is 10.1. The van der Waals surface area contributed by atoms with E-state index in [9.17, 15) is 33.7 Å². The van der Waals surface area contributed by atoms with Gasteiger partial charge < -0.3 is 41.2 Å². The molecule has 0 fully saturated rings. The second kappa shape index (κ2) is 37.7. The first kappa shape index (κ1) is 56.9. The van der Waals surface area contributed by atoms with E-state index < -0.39 is 81.1 Å². The number of carboxylic acid groups (broad SMARTS) is 2. The van der Waals surface area contributed by atoms with Crippen LogP contribution < -0.4 is 11.5 Å². The molecule has 0 aromatic heterocycles. The van der Waals surface area contributed by atoms with Gasteiger partial charge in [-0.25, -0.2) is 4.57 Å². The van der Waals surface area contributed by atoms with Gasteiger partial charge in [-0.15, -0.1) is 11.8 Å². The molecule has 0 amide bonds. The Kier molecular flexibility index (Phi) is 35.7. The van der Waals surface area contributed by atoms with Crippen molar-refractivity contribution < 1.29 is 62.5 Å². The van der Waals surface area contributed by atoms with Crippen LogP contribution in [0.1, 0.15) is 129 Å². The summed E-state index contributed by atoms with van der Waals surface area (Å²) < 4.78 is 32.7. The van der Waals surface area contributed by atoms with E-state index in [4.69, 9.17) is 35.7 Å². The van der Waals surface area contributed by atoms with Gasteiger partial charge in [0.2, 0.25) is 0 Å². The van der Waals surface area contributed by atoms with Gasteiger partial charge in [0, 0.05) is 23.8 Å². The minimum atomic E-state index is -4.85. The molecule has 344 valence electrons. The number of aliphatic hydroxyl groups excluding tert-OH is 1. The fourth-order valence-corrected chi connectivity index (χ4v) is 7.10. The molecule has 0 spiro atoms. The van der Waals surface area contributed by atoms with E-state index in [1.165, 1.54) is 43.9 Å². The number of nitrogens with two attached hydrogens (primary N) is 2. The third kappa shape index (κ3) is 34.6. The normalized spacial score (nSPS) is 15.8. The first-order valence-corrected chi connectivity index (χ1v) is 23.8. The summed E-state index contributed by atoms with van der Waals surface area (Å²) in [4.78, 5) is 57.7. The zero-order valence-corrected chi connectivity index (χ0v) is 37.4. The summed E-state index contributed by atoms with van der Waals surface area (Å²) >= 11 is 1.17. The van der Waals surface area contributed by atoms with Crippen LogP contribution >= 0.6 is 19.6 Å². The van der Waals surface area contributed by atoms with Crippen molar-refractivity contribution >= 4 is 43.5 Å². The van der Waals surface area contributed by atoms with E-state index in [1.54, 1.807) is 18.2 Å². The minimum Gasteiger partial charge on any atom is -0.481 e. The predicted molar refractivity (Wildman–Crippen MR) is 236 cm³/mol. The van der Waals surface area contributed by atoms with Gasteiger partial charge in [0.05, 0.1) is 19.3 Å². The van der Waals surface area contributed by atoms with Crippen LogP contribution in [-0.2, 0) is 42.3 Å². The van der Waals surface area contributed by atoms with Crippen LogP contribution in [0.5, 0.6) is 0 Å². The molecule has 0 aliphatic rings. The number of rotatable bonds is 39. The van der Waals surface area contributed by atoms with Gasteiger partial charge in [-0.3, -0.25) is 28.2 Å². The number of carbonyl (C=O) groups is 4. The average Bonchev–Trinajstić information content (AvgIpc) is 3.20. The number of hydrogen-bond acceptors (Lipinski definition) is 13. The van der Waals surface area contributed by atoms with Crippen molar-refractivity contribution in [2.75, 3.05) is 25.6 Å². The van der Waals surface area contributed by atoms with Gasteiger partial charge >= 0.3 is 31.7 Å². The number of phosphoric ester groups is 1. The highest BCUT2D eigenvalue weighted by atomic mass is 32.2. The maximum Gasteiger partial charge on any atom is 0.472 e. The van der Waals surface area contributed by atoms with E-state index in [1.807, 2.05) is 18.2 Å². The summed E-state index contributed by atoms with van der Waals surface area (Å²) in [6.45, 7) is 2.17. The molecule has 0 saturated heterocycles. The van der Waals surface area contributed by atoms with E-state index in [-0.39, 0.29) is 31.4 Å². The largest absolute Gasteiger partial charge is 0.481 e. The fourth-order valence-electron chi connectivity index (χ4n) is 5.19. The van der Waals surface area contributed by atoms with Crippen LogP contribution in [0.3, 0.4) is 0 Å². The van der Waals surface area contributed by atoms with Crippen LogP contribution in [0, 0.1) is 0 Å². The zero-order valence-electron chi connectivity index (χ0n) is 35.7. The molecule has 0 radical (unpaired) electrons. The highest BCUT2D eigenvalue weighted by Crippen LogP contribution is 2.43. The van der Waals surface area contributed by atoms with E-state index in [2.05, 4.69) is 42.7 Å². The average molecular weight is 889 g/mol. The van der Waals surface area contributed by atoms with Crippen molar-refractivity contribution in [1.29, 1.82) is 0 Å². The highest BCUT2D eigenvalue weighted by Gasteiger charge is 2.29. The van der Waals surface area contributed by atoms with Crippen molar-refractivity contribution in [2.24, 2.45) is 11.5 Å².